The van der Waals surface area contributed by atoms with Crippen molar-refractivity contribution in [1.82, 2.24) is 4.90 Å². The van der Waals surface area contributed by atoms with Crippen molar-refractivity contribution in [2.24, 2.45) is 10.3 Å². The summed E-state index contributed by atoms with van der Waals surface area (Å²) in [7, 11) is -7.67. The molecule has 2 unspecified atom stereocenters. The fraction of sp³-hybridized carbons (Fsp3) is 0.440. The molecule has 1 aromatic heterocycles. The molecule has 2 aliphatic heterocycles. The Labute approximate surface area is 229 Å². The number of amides is 1. The number of amidine groups is 1. The lowest BCUT2D eigenvalue weighted by Crippen LogP contribution is -2.51. The van der Waals surface area contributed by atoms with Crippen LogP contribution in [0.25, 0.3) is 0 Å². The number of carbonyl (C=O) groups excluding carboxylic acids is 1. The second-order valence-electron chi connectivity index (χ2n) is 10.1. The van der Waals surface area contributed by atoms with E-state index in [9.17, 15) is 35.5 Å². The summed E-state index contributed by atoms with van der Waals surface area (Å²) < 4.78 is 81.1. The van der Waals surface area contributed by atoms with Crippen molar-refractivity contribution < 1.29 is 35.5 Å². The summed E-state index contributed by atoms with van der Waals surface area (Å²) in [6.45, 7) is -0.0616. The van der Waals surface area contributed by atoms with E-state index in [0.717, 1.165) is 49.0 Å². The minimum Gasteiger partial charge on any atom is -0.511 e. The molecule has 5 rings (SSSR count). The SMILES string of the molecule is CS(=O)(=O)CCc1csc2c1S(=O)(=O)N=C(C1=C(O)C3CCCCCC3N(Cc3ccc(F)c(F)c3)C1=O)N2. The minimum absolute atomic E-state index is 0.0188. The monoisotopic (exact) mass is 599 g/mol. The molecule has 2 N–H and O–H groups in total. The summed E-state index contributed by atoms with van der Waals surface area (Å²) in [5, 5.41) is 15.9. The maximum Gasteiger partial charge on any atom is 0.287 e. The highest BCUT2D eigenvalue weighted by molar-refractivity contribution is 7.91. The number of carbonyl (C=O) groups is 1. The van der Waals surface area contributed by atoms with Crippen LogP contribution in [0.1, 0.15) is 43.2 Å². The predicted molar refractivity (Wildman–Crippen MR) is 143 cm³/mol. The maximum absolute atomic E-state index is 14.0. The molecular weight excluding hydrogens is 572 g/mol. The zero-order valence-electron chi connectivity index (χ0n) is 21.0. The Hall–Kier alpha value is -2.84. The molecule has 3 heterocycles. The molecule has 1 aromatic carbocycles. The molecule has 2 aromatic rings. The molecule has 2 atom stereocenters. The molecular formula is C25H27F2N3O6S3. The third kappa shape index (κ3) is 5.46. The Bertz CT molecular complexity index is 1610. The molecule has 39 heavy (non-hydrogen) atoms. The molecule has 9 nitrogen and oxygen atoms in total. The van der Waals surface area contributed by atoms with Gasteiger partial charge in [0.1, 0.15) is 31.1 Å². The van der Waals surface area contributed by atoms with Crippen LogP contribution in [-0.4, -0.2) is 56.6 Å². The van der Waals surface area contributed by atoms with Gasteiger partial charge in [-0.25, -0.2) is 17.2 Å². The summed E-state index contributed by atoms with van der Waals surface area (Å²) in [6, 6.07) is 2.98. The number of aryl methyl sites for hydroxylation is 1. The Kier molecular flexibility index (Phi) is 7.31. The molecule has 1 saturated carbocycles. The van der Waals surface area contributed by atoms with E-state index in [1.807, 2.05) is 0 Å². The van der Waals surface area contributed by atoms with Crippen molar-refractivity contribution in [1.29, 1.82) is 0 Å². The minimum atomic E-state index is -4.33. The molecule has 0 bridgehead atoms. The molecule has 0 spiro atoms. The van der Waals surface area contributed by atoms with Crippen LogP contribution < -0.4 is 5.32 Å². The number of aliphatic hydroxyl groups is 1. The number of anilines is 1. The molecule has 0 saturated heterocycles. The van der Waals surface area contributed by atoms with Gasteiger partial charge in [-0.15, -0.1) is 15.7 Å². The highest BCUT2D eigenvalue weighted by Gasteiger charge is 2.45. The second kappa shape index (κ2) is 10.3. The highest BCUT2D eigenvalue weighted by Crippen LogP contribution is 2.42. The lowest BCUT2D eigenvalue weighted by molar-refractivity contribution is -0.132. The van der Waals surface area contributed by atoms with Gasteiger partial charge in [0, 0.05) is 24.8 Å². The summed E-state index contributed by atoms with van der Waals surface area (Å²) >= 11 is 1.04. The zero-order chi connectivity index (χ0) is 28.1. The van der Waals surface area contributed by atoms with Crippen LogP contribution in [0.2, 0.25) is 0 Å². The Morgan fingerprint density at radius 1 is 1.18 bits per heavy atom. The average Bonchev–Trinajstić information content (AvgIpc) is 3.11. The topological polar surface area (TPSA) is 133 Å². The van der Waals surface area contributed by atoms with Crippen molar-refractivity contribution in [2.45, 2.75) is 56.0 Å². The van der Waals surface area contributed by atoms with E-state index >= 15 is 0 Å². The van der Waals surface area contributed by atoms with Gasteiger partial charge in [0.05, 0.1) is 5.75 Å². The van der Waals surface area contributed by atoms with Crippen molar-refractivity contribution in [3.05, 3.63) is 57.7 Å². The van der Waals surface area contributed by atoms with Gasteiger partial charge in [-0.3, -0.25) is 4.79 Å². The zero-order valence-corrected chi connectivity index (χ0v) is 23.4. The van der Waals surface area contributed by atoms with Gasteiger partial charge in [-0.05, 0) is 47.9 Å². The van der Waals surface area contributed by atoms with Crippen LogP contribution in [-0.2, 0) is 37.6 Å². The molecule has 210 valence electrons. The number of fused-ring (bicyclic) bond motifs is 2. The van der Waals surface area contributed by atoms with Gasteiger partial charge in [0.25, 0.3) is 15.9 Å². The van der Waals surface area contributed by atoms with E-state index in [0.29, 0.717) is 24.0 Å². The van der Waals surface area contributed by atoms with E-state index < -0.39 is 49.4 Å². The lowest BCUT2D eigenvalue weighted by atomic mass is 9.84. The summed E-state index contributed by atoms with van der Waals surface area (Å²) in [5.74, 6) is -4.01. The number of sulfonamides is 1. The molecule has 1 amide bonds. The number of rotatable bonds is 6. The van der Waals surface area contributed by atoms with Gasteiger partial charge < -0.3 is 15.3 Å². The summed E-state index contributed by atoms with van der Waals surface area (Å²) in [6.07, 6.45) is 4.69. The van der Waals surface area contributed by atoms with Gasteiger partial charge in [-0.2, -0.15) is 8.42 Å². The number of aliphatic hydroxyl groups excluding tert-OH is 1. The number of hydrogen-bond acceptors (Lipinski definition) is 8. The average molecular weight is 600 g/mol. The maximum atomic E-state index is 14.0. The van der Waals surface area contributed by atoms with Gasteiger partial charge >= 0.3 is 0 Å². The van der Waals surface area contributed by atoms with Crippen LogP contribution in [0, 0.1) is 17.6 Å². The first-order chi connectivity index (χ1) is 18.4. The number of benzene rings is 1. The van der Waals surface area contributed by atoms with Crippen LogP contribution in [0.4, 0.5) is 13.8 Å². The molecule has 1 aliphatic carbocycles. The standard InChI is InChI=1S/C25H27F2N3O6S3/c1-38(33,34)10-9-15-13-37-24-22(15)39(35,36)29-23(28-24)20-21(31)16-5-3-2-4-6-19(16)30(25(20)32)12-14-7-8-17(26)18(27)11-14/h7-8,11,13,16,19,31H,2-6,9-10,12H2,1H3,(H,28,29). The van der Waals surface area contributed by atoms with E-state index in [1.165, 1.54) is 16.3 Å². The number of sulfone groups is 1. The van der Waals surface area contributed by atoms with Gasteiger partial charge in [-0.1, -0.05) is 25.3 Å². The fourth-order valence-corrected chi connectivity index (χ4v) is 8.70. The first-order valence-corrected chi connectivity index (χ1v) is 16.8. The van der Waals surface area contributed by atoms with E-state index in [-0.39, 0.29) is 45.8 Å². The number of thiophene rings is 1. The van der Waals surface area contributed by atoms with Crippen molar-refractivity contribution in [3.8, 4) is 0 Å². The Morgan fingerprint density at radius 2 is 1.92 bits per heavy atom. The quantitative estimate of drug-likeness (QED) is 0.514. The van der Waals surface area contributed by atoms with Crippen molar-refractivity contribution in [2.75, 3.05) is 17.3 Å². The largest absolute Gasteiger partial charge is 0.511 e. The van der Waals surface area contributed by atoms with Crippen LogP contribution in [0.5, 0.6) is 0 Å². The van der Waals surface area contributed by atoms with Gasteiger partial charge in [0.15, 0.2) is 17.5 Å². The van der Waals surface area contributed by atoms with Crippen LogP contribution in [0.15, 0.2) is 44.2 Å². The van der Waals surface area contributed by atoms with E-state index in [1.54, 1.807) is 0 Å². The number of nitrogens with one attached hydrogen (secondary N) is 1. The third-order valence-corrected chi connectivity index (χ3v) is 10.7. The third-order valence-electron chi connectivity index (χ3n) is 7.30. The van der Waals surface area contributed by atoms with Crippen molar-refractivity contribution >= 4 is 47.9 Å². The van der Waals surface area contributed by atoms with Crippen LogP contribution >= 0.6 is 11.3 Å². The van der Waals surface area contributed by atoms with E-state index in [4.69, 9.17) is 0 Å². The predicted octanol–water partition coefficient (Wildman–Crippen LogP) is 3.93. The first-order valence-electron chi connectivity index (χ1n) is 12.4. The number of nitrogens with zero attached hydrogens (tertiary/aromatic N) is 2. The summed E-state index contributed by atoms with van der Waals surface area (Å²) in [4.78, 5) is 15.2. The fourth-order valence-electron chi connectivity index (χ4n) is 5.44. The smallest absolute Gasteiger partial charge is 0.287 e. The number of halogens is 2. The van der Waals surface area contributed by atoms with Crippen LogP contribution in [0.3, 0.4) is 0 Å². The van der Waals surface area contributed by atoms with Crippen molar-refractivity contribution in [3.63, 3.8) is 0 Å². The lowest BCUT2D eigenvalue weighted by Gasteiger charge is -2.41. The molecule has 1 fully saturated rings. The first kappa shape index (κ1) is 27.7. The summed E-state index contributed by atoms with van der Waals surface area (Å²) in [5.41, 5.74) is 0.377. The molecule has 0 radical (unpaired) electrons. The highest BCUT2D eigenvalue weighted by atomic mass is 32.2. The normalized spacial score (nSPS) is 23.0. The molecule has 14 heteroatoms. The molecule has 3 aliphatic rings. The number of hydrogen-bond donors (Lipinski definition) is 2. The van der Waals surface area contributed by atoms with Gasteiger partial charge in [0.2, 0.25) is 0 Å². The Morgan fingerprint density at radius 3 is 2.64 bits per heavy atom. The Balaban J connectivity index is 1.54. The second-order valence-corrected chi connectivity index (χ2v) is 14.8. The van der Waals surface area contributed by atoms with E-state index in [2.05, 4.69) is 9.71 Å².